The molecule has 12 heteroatoms. The average Bonchev–Trinajstić information content (AvgIpc) is 3.45. The van der Waals surface area contributed by atoms with Gasteiger partial charge in [0.05, 0.1) is 28.3 Å². The molecular formula is C25H26ClN3O6S2. The second-order valence-electron chi connectivity index (χ2n) is 8.40. The number of amides is 1. The predicted octanol–water partition coefficient (Wildman–Crippen LogP) is 4.21. The lowest BCUT2D eigenvalue weighted by atomic mass is 10.2. The minimum Gasteiger partial charge on any atom is -0.495 e. The molecule has 196 valence electrons. The number of carbonyl (C=O) groups is 1. The van der Waals surface area contributed by atoms with E-state index in [-0.39, 0.29) is 21.0 Å². The number of hydrogen-bond donors (Lipinski definition) is 1. The standard InChI is InChI=1S/C25H26ClN3O6S2/c1-28(36(31,32)21-11-7-19(26)8-12-21)20-9-5-18(6-10-20)25(30)27-23-17-22(13-14-24(23)35-2)37(33,34)29-15-3-4-16-29/h5-14,17H,3-4,15-16H2,1-2H3,(H,27,30). The smallest absolute Gasteiger partial charge is 0.264 e. The molecule has 0 spiro atoms. The van der Waals surface area contributed by atoms with Gasteiger partial charge in [-0.15, -0.1) is 0 Å². The molecule has 1 aliphatic rings. The highest BCUT2D eigenvalue weighted by Gasteiger charge is 2.28. The number of ether oxygens (including phenoxy) is 1. The van der Waals surface area contributed by atoms with Crippen LogP contribution in [0.2, 0.25) is 5.02 Å². The van der Waals surface area contributed by atoms with Crippen LogP contribution in [0.5, 0.6) is 5.75 Å². The van der Waals surface area contributed by atoms with E-state index in [4.69, 9.17) is 16.3 Å². The first-order valence-electron chi connectivity index (χ1n) is 11.4. The van der Waals surface area contributed by atoms with Gasteiger partial charge < -0.3 is 10.1 Å². The zero-order valence-corrected chi connectivity index (χ0v) is 22.6. The Morgan fingerprint density at radius 2 is 1.51 bits per heavy atom. The molecule has 1 aliphatic heterocycles. The van der Waals surface area contributed by atoms with Crippen molar-refractivity contribution < 1.29 is 26.4 Å². The Bertz CT molecular complexity index is 1500. The lowest BCUT2D eigenvalue weighted by molar-refractivity contribution is 0.102. The van der Waals surface area contributed by atoms with E-state index in [9.17, 15) is 21.6 Å². The Hall–Kier alpha value is -3.12. The number of nitrogens with one attached hydrogen (secondary N) is 1. The summed E-state index contributed by atoms with van der Waals surface area (Å²) in [4.78, 5) is 13.1. The van der Waals surface area contributed by atoms with Crippen molar-refractivity contribution in [1.29, 1.82) is 0 Å². The average molecular weight is 564 g/mol. The lowest BCUT2D eigenvalue weighted by Crippen LogP contribution is -2.28. The van der Waals surface area contributed by atoms with Gasteiger partial charge in [0.1, 0.15) is 5.75 Å². The third-order valence-electron chi connectivity index (χ3n) is 6.09. The molecule has 3 aromatic rings. The van der Waals surface area contributed by atoms with Gasteiger partial charge in [-0.25, -0.2) is 16.8 Å². The second kappa shape index (κ2) is 10.7. The molecule has 1 fully saturated rings. The topological polar surface area (TPSA) is 113 Å². The van der Waals surface area contributed by atoms with Gasteiger partial charge in [-0.2, -0.15) is 4.31 Å². The van der Waals surface area contributed by atoms with Gasteiger partial charge in [-0.1, -0.05) is 11.6 Å². The Morgan fingerprint density at radius 1 is 0.919 bits per heavy atom. The second-order valence-corrected chi connectivity index (χ2v) is 12.7. The minimum atomic E-state index is -3.83. The quantitative estimate of drug-likeness (QED) is 0.439. The van der Waals surface area contributed by atoms with Crippen LogP contribution >= 0.6 is 11.6 Å². The number of sulfonamides is 2. The van der Waals surface area contributed by atoms with Crippen molar-refractivity contribution in [3.05, 3.63) is 77.3 Å². The fourth-order valence-corrected chi connectivity index (χ4v) is 6.81. The zero-order valence-electron chi connectivity index (χ0n) is 20.2. The van der Waals surface area contributed by atoms with Crippen LogP contribution in [0.1, 0.15) is 23.2 Å². The number of rotatable bonds is 8. The van der Waals surface area contributed by atoms with E-state index in [1.54, 1.807) is 0 Å². The predicted molar refractivity (Wildman–Crippen MR) is 142 cm³/mol. The molecule has 37 heavy (non-hydrogen) atoms. The normalized spacial score (nSPS) is 14.4. The van der Waals surface area contributed by atoms with Crippen LogP contribution in [-0.4, -0.2) is 54.3 Å². The van der Waals surface area contributed by atoms with Crippen molar-refractivity contribution in [2.24, 2.45) is 0 Å². The van der Waals surface area contributed by atoms with E-state index in [1.165, 1.54) is 85.2 Å². The van der Waals surface area contributed by atoms with Gasteiger partial charge in [0.25, 0.3) is 15.9 Å². The molecule has 0 unspecified atom stereocenters. The van der Waals surface area contributed by atoms with Gasteiger partial charge >= 0.3 is 0 Å². The first kappa shape index (κ1) is 26.9. The molecule has 9 nitrogen and oxygen atoms in total. The Morgan fingerprint density at radius 3 is 2.11 bits per heavy atom. The summed E-state index contributed by atoms with van der Waals surface area (Å²) in [6, 6.07) is 16.1. The van der Waals surface area contributed by atoms with Crippen molar-refractivity contribution in [2.45, 2.75) is 22.6 Å². The van der Waals surface area contributed by atoms with Gasteiger partial charge in [0, 0.05) is 30.7 Å². The van der Waals surface area contributed by atoms with E-state index in [2.05, 4.69) is 5.32 Å². The van der Waals surface area contributed by atoms with E-state index < -0.39 is 26.0 Å². The molecule has 0 aromatic heterocycles. The van der Waals surface area contributed by atoms with Gasteiger partial charge in [0.2, 0.25) is 10.0 Å². The van der Waals surface area contributed by atoms with E-state index >= 15 is 0 Å². The molecule has 3 aromatic carbocycles. The highest BCUT2D eigenvalue weighted by atomic mass is 35.5. The highest BCUT2D eigenvalue weighted by molar-refractivity contribution is 7.92. The molecule has 1 amide bonds. The fourth-order valence-electron chi connectivity index (χ4n) is 3.94. The zero-order chi connectivity index (χ0) is 26.8. The number of anilines is 2. The maximum atomic E-state index is 13.0. The van der Waals surface area contributed by atoms with Crippen molar-refractivity contribution in [3.63, 3.8) is 0 Å². The first-order chi connectivity index (χ1) is 17.5. The molecule has 0 aliphatic carbocycles. The molecule has 0 radical (unpaired) electrons. The van der Waals surface area contributed by atoms with Crippen LogP contribution < -0.4 is 14.4 Å². The highest BCUT2D eigenvalue weighted by Crippen LogP contribution is 2.31. The maximum absolute atomic E-state index is 13.0. The van der Waals surface area contributed by atoms with Crippen molar-refractivity contribution in [2.75, 3.05) is 36.9 Å². The van der Waals surface area contributed by atoms with Crippen LogP contribution in [-0.2, 0) is 20.0 Å². The molecular weight excluding hydrogens is 538 g/mol. The van der Waals surface area contributed by atoms with Gasteiger partial charge in [-0.3, -0.25) is 9.10 Å². The van der Waals surface area contributed by atoms with E-state index in [1.807, 2.05) is 0 Å². The molecule has 0 bridgehead atoms. The summed E-state index contributed by atoms with van der Waals surface area (Å²) < 4.78 is 59.6. The van der Waals surface area contributed by atoms with Crippen LogP contribution in [0.4, 0.5) is 11.4 Å². The lowest BCUT2D eigenvalue weighted by Gasteiger charge is -2.20. The summed E-state index contributed by atoms with van der Waals surface area (Å²) in [6.45, 7) is 0.926. The molecule has 1 heterocycles. The number of nitrogens with zero attached hydrogens (tertiary/aromatic N) is 2. The summed E-state index contributed by atoms with van der Waals surface area (Å²) in [7, 11) is -4.68. The van der Waals surface area contributed by atoms with Crippen molar-refractivity contribution in [3.8, 4) is 5.75 Å². The number of methoxy groups -OCH3 is 1. The maximum Gasteiger partial charge on any atom is 0.264 e. The minimum absolute atomic E-state index is 0.0647. The van der Waals surface area contributed by atoms with Gasteiger partial charge in [0.15, 0.2) is 0 Å². The van der Waals surface area contributed by atoms with Crippen LogP contribution in [0.25, 0.3) is 0 Å². The summed E-state index contributed by atoms with van der Waals surface area (Å²) >= 11 is 5.86. The van der Waals surface area contributed by atoms with Crippen LogP contribution in [0.15, 0.2) is 76.5 Å². The SMILES string of the molecule is COc1ccc(S(=O)(=O)N2CCCC2)cc1NC(=O)c1ccc(N(C)S(=O)(=O)c2ccc(Cl)cc2)cc1. The molecule has 0 atom stereocenters. The van der Waals surface area contributed by atoms with Crippen LogP contribution in [0.3, 0.4) is 0 Å². The monoisotopic (exact) mass is 563 g/mol. The summed E-state index contributed by atoms with van der Waals surface area (Å²) in [6.07, 6.45) is 1.62. The Kier molecular flexibility index (Phi) is 7.79. The third kappa shape index (κ3) is 5.59. The largest absolute Gasteiger partial charge is 0.495 e. The van der Waals surface area contributed by atoms with Crippen molar-refractivity contribution in [1.82, 2.24) is 4.31 Å². The molecule has 0 saturated carbocycles. The summed E-state index contributed by atoms with van der Waals surface area (Å²) in [5.41, 5.74) is 0.804. The summed E-state index contributed by atoms with van der Waals surface area (Å²) in [5, 5.41) is 3.12. The Balaban J connectivity index is 1.54. The molecule has 1 saturated heterocycles. The first-order valence-corrected chi connectivity index (χ1v) is 14.6. The van der Waals surface area contributed by atoms with E-state index in [0.717, 1.165) is 17.1 Å². The fraction of sp³-hybridized carbons (Fsp3) is 0.240. The summed E-state index contributed by atoms with van der Waals surface area (Å²) in [5.74, 6) is -0.206. The van der Waals surface area contributed by atoms with Crippen molar-refractivity contribution >= 4 is 48.9 Å². The Labute approximate surface area is 221 Å². The number of halogens is 1. The number of hydrogen-bond acceptors (Lipinski definition) is 6. The van der Waals surface area contributed by atoms with Gasteiger partial charge in [-0.05, 0) is 79.6 Å². The van der Waals surface area contributed by atoms with E-state index in [0.29, 0.717) is 29.5 Å². The molecule has 1 N–H and O–H groups in total. The molecule has 4 rings (SSSR count). The van der Waals surface area contributed by atoms with Crippen LogP contribution in [0, 0.1) is 0 Å². The third-order valence-corrected chi connectivity index (χ3v) is 10.0. The number of benzene rings is 3. The number of carbonyl (C=O) groups excluding carboxylic acids is 1.